The number of aliphatic hydroxyl groups is 2. The topological polar surface area (TPSA) is 115 Å². The van der Waals surface area contributed by atoms with Gasteiger partial charge in [0.15, 0.2) is 0 Å². The van der Waals surface area contributed by atoms with Crippen LogP contribution in [0.3, 0.4) is 0 Å². The molecule has 6 heteroatoms. The highest BCUT2D eigenvalue weighted by Gasteiger charge is 2.32. The predicted molar refractivity (Wildman–Crippen MR) is 45.7 cm³/mol. The third-order valence-corrected chi connectivity index (χ3v) is 2.00. The number of rotatable bonds is 7. The summed E-state index contributed by atoms with van der Waals surface area (Å²) in [7, 11) is 0. The first-order valence-electron chi connectivity index (χ1n) is 4.22. The van der Waals surface area contributed by atoms with Crippen LogP contribution in [-0.4, -0.2) is 45.6 Å². The minimum Gasteiger partial charge on any atom is -0.481 e. The Bertz CT molecular complexity index is 180. The third kappa shape index (κ3) is 3.71. The van der Waals surface area contributed by atoms with Crippen molar-refractivity contribution in [1.82, 2.24) is 0 Å². The molecule has 82 valence electrons. The second-order valence-corrected chi connectivity index (χ2v) is 2.91. The first kappa shape index (κ1) is 12.9. The summed E-state index contributed by atoms with van der Waals surface area (Å²) in [6.45, 7) is -0.766. The van der Waals surface area contributed by atoms with E-state index in [2.05, 4.69) is 0 Å². The van der Waals surface area contributed by atoms with Crippen molar-refractivity contribution in [2.75, 3.05) is 13.2 Å². The summed E-state index contributed by atoms with van der Waals surface area (Å²) >= 11 is 0. The smallest absolute Gasteiger partial charge is 0.307 e. The van der Waals surface area contributed by atoms with E-state index in [4.69, 9.17) is 20.4 Å². The van der Waals surface area contributed by atoms with Crippen molar-refractivity contribution in [2.24, 2.45) is 11.8 Å². The maximum atomic E-state index is 10.7. The Balaban J connectivity index is 4.54. The Kier molecular flexibility index (Phi) is 5.82. The number of carboxylic acids is 2. The molecular weight excluding hydrogens is 192 g/mol. The summed E-state index contributed by atoms with van der Waals surface area (Å²) in [6, 6.07) is 0. The van der Waals surface area contributed by atoms with Gasteiger partial charge in [0.1, 0.15) is 0 Å². The Morgan fingerprint density at radius 2 is 1.14 bits per heavy atom. The van der Waals surface area contributed by atoms with Crippen LogP contribution >= 0.6 is 0 Å². The quantitative estimate of drug-likeness (QED) is 0.431. The van der Waals surface area contributed by atoms with Crippen LogP contribution < -0.4 is 0 Å². The Hall–Kier alpha value is -1.14. The zero-order chi connectivity index (χ0) is 11.1. The Labute approximate surface area is 80.8 Å². The van der Waals surface area contributed by atoms with Gasteiger partial charge in [-0.2, -0.15) is 0 Å². The van der Waals surface area contributed by atoms with Crippen LogP contribution in [0.2, 0.25) is 0 Å². The molecule has 0 aliphatic rings. The van der Waals surface area contributed by atoms with E-state index in [1.807, 2.05) is 0 Å². The number of carboxylic acid groups (broad SMARTS) is 2. The monoisotopic (exact) mass is 206 g/mol. The lowest BCUT2D eigenvalue weighted by molar-refractivity contribution is -0.155. The second-order valence-electron chi connectivity index (χ2n) is 2.91. The fraction of sp³-hybridized carbons (Fsp3) is 0.750. The zero-order valence-electron chi connectivity index (χ0n) is 7.59. The van der Waals surface area contributed by atoms with Crippen LogP contribution in [-0.2, 0) is 9.59 Å². The molecule has 6 nitrogen and oxygen atoms in total. The first-order valence-corrected chi connectivity index (χ1v) is 4.22. The molecule has 0 saturated heterocycles. The van der Waals surface area contributed by atoms with Gasteiger partial charge in [-0.3, -0.25) is 9.59 Å². The molecule has 0 aromatic heterocycles. The van der Waals surface area contributed by atoms with Gasteiger partial charge in [0.05, 0.1) is 11.8 Å². The lowest BCUT2D eigenvalue weighted by atomic mass is 9.87. The van der Waals surface area contributed by atoms with Gasteiger partial charge in [-0.05, 0) is 12.8 Å². The van der Waals surface area contributed by atoms with Crippen molar-refractivity contribution < 1.29 is 30.0 Å². The summed E-state index contributed by atoms with van der Waals surface area (Å²) in [5, 5.41) is 34.5. The van der Waals surface area contributed by atoms with E-state index in [-0.39, 0.29) is 26.1 Å². The molecule has 0 saturated carbocycles. The van der Waals surface area contributed by atoms with E-state index in [1.165, 1.54) is 0 Å². The van der Waals surface area contributed by atoms with Crippen molar-refractivity contribution in [3.63, 3.8) is 0 Å². The molecule has 4 N–H and O–H groups in total. The van der Waals surface area contributed by atoms with Crippen LogP contribution in [0.5, 0.6) is 0 Å². The predicted octanol–water partition coefficient (Wildman–Crippen LogP) is -0.847. The van der Waals surface area contributed by atoms with Gasteiger partial charge in [0, 0.05) is 13.2 Å². The molecule has 0 heterocycles. The van der Waals surface area contributed by atoms with Gasteiger partial charge in [-0.15, -0.1) is 0 Å². The summed E-state index contributed by atoms with van der Waals surface area (Å²) in [5.41, 5.74) is 0. The molecule has 0 aromatic rings. The van der Waals surface area contributed by atoms with Crippen LogP contribution in [0.25, 0.3) is 0 Å². The zero-order valence-corrected chi connectivity index (χ0v) is 7.59. The van der Waals surface area contributed by atoms with E-state index in [0.717, 1.165) is 0 Å². The van der Waals surface area contributed by atoms with E-state index in [9.17, 15) is 9.59 Å². The van der Waals surface area contributed by atoms with E-state index in [0.29, 0.717) is 0 Å². The molecule has 0 fully saturated rings. The highest BCUT2D eigenvalue weighted by Crippen LogP contribution is 2.20. The van der Waals surface area contributed by atoms with Gasteiger partial charge in [0.2, 0.25) is 0 Å². The average Bonchev–Trinajstić information content (AvgIpc) is 2.10. The number of carbonyl (C=O) groups is 2. The highest BCUT2D eigenvalue weighted by molar-refractivity contribution is 5.79. The lowest BCUT2D eigenvalue weighted by Crippen LogP contribution is -2.31. The van der Waals surface area contributed by atoms with Crippen molar-refractivity contribution in [3.8, 4) is 0 Å². The first-order chi connectivity index (χ1) is 6.54. The minimum atomic E-state index is -1.26. The second kappa shape index (κ2) is 6.33. The van der Waals surface area contributed by atoms with Crippen LogP contribution in [0, 0.1) is 11.8 Å². The standard InChI is InChI=1S/C8H14O6/c9-3-1-5(7(11)12)6(2-4-10)8(13)14/h5-6,9-10H,1-4H2,(H,11,12)(H,13,14). The van der Waals surface area contributed by atoms with Gasteiger partial charge in [-0.25, -0.2) is 0 Å². The molecule has 0 rings (SSSR count). The fourth-order valence-electron chi connectivity index (χ4n) is 1.27. The molecule has 14 heavy (non-hydrogen) atoms. The van der Waals surface area contributed by atoms with Gasteiger partial charge < -0.3 is 20.4 Å². The van der Waals surface area contributed by atoms with E-state index >= 15 is 0 Å². The molecule has 0 aliphatic heterocycles. The molecule has 2 atom stereocenters. The molecule has 0 aliphatic carbocycles. The number of hydrogen-bond acceptors (Lipinski definition) is 4. The summed E-state index contributed by atoms with van der Waals surface area (Å²) < 4.78 is 0. The molecule has 0 aromatic carbocycles. The van der Waals surface area contributed by atoms with Crippen molar-refractivity contribution in [2.45, 2.75) is 12.8 Å². The van der Waals surface area contributed by atoms with E-state index in [1.54, 1.807) is 0 Å². The lowest BCUT2D eigenvalue weighted by Gasteiger charge is -2.18. The molecule has 0 radical (unpaired) electrons. The van der Waals surface area contributed by atoms with Gasteiger partial charge in [-0.1, -0.05) is 0 Å². The molecule has 0 amide bonds. The fourth-order valence-corrected chi connectivity index (χ4v) is 1.27. The van der Waals surface area contributed by atoms with Crippen molar-refractivity contribution >= 4 is 11.9 Å². The van der Waals surface area contributed by atoms with E-state index < -0.39 is 23.8 Å². The Morgan fingerprint density at radius 3 is 1.29 bits per heavy atom. The number of aliphatic hydroxyl groups excluding tert-OH is 2. The summed E-state index contributed by atoms with van der Waals surface area (Å²) in [5.74, 6) is -4.82. The molecule has 2 unspecified atom stereocenters. The average molecular weight is 206 g/mol. The molecular formula is C8H14O6. The largest absolute Gasteiger partial charge is 0.481 e. The maximum Gasteiger partial charge on any atom is 0.307 e. The summed E-state index contributed by atoms with van der Waals surface area (Å²) in [6.07, 6.45) is -0.237. The third-order valence-electron chi connectivity index (χ3n) is 2.00. The van der Waals surface area contributed by atoms with Crippen LogP contribution in [0.1, 0.15) is 12.8 Å². The number of hydrogen-bond donors (Lipinski definition) is 4. The normalized spacial score (nSPS) is 14.7. The van der Waals surface area contributed by atoms with Gasteiger partial charge >= 0.3 is 11.9 Å². The van der Waals surface area contributed by atoms with Crippen molar-refractivity contribution in [1.29, 1.82) is 0 Å². The highest BCUT2D eigenvalue weighted by atomic mass is 16.4. The molecule has 0 bridgehead atoms. The minimum absolute atomic E-state index is 0.119. The van der Waals surface area contributed by atoms with Crippen LogP contribution in [0.15, 0.2) is 0 Å². The molecule has 0 spiro atoms. The summed E-state index contributed by atoms with van der Waals surface area (Å²) in [4.78, 5) is 21.3. The Morgan fingerprint density at radius 1 is 0.857 bits per heavy atom. The maximum absolute atomic E-state index is 10.7. The SMILES string of the molecule is O=C(O)C(CCO)C(CCO)C(=O)O. The number of aliphatic carboxylic acids is 2. The van der Waals surface area contributed by atoms with Gasteiger partial charge in [0.25, 0.3) is 0 Å². The van der Waals surface area contributed by atoms with Crippen LogP contribution in [0.4, 0.5) is 0 Å². The van der Waals surface area contributed by atoms with Crippen molar-refractivity contribution in [3.05, 3.63) is 0 Å².